The van der Waals surface area contributed by atoms with Crippen LogP contribution in [0.5, 0.6) is 0 Å². The molecule has 4 nitrogen and oxygen atoms in total. The molecule has 3 rings (SSSR count). The Morgan fingerprint density at radius 3 is 2.67 bits per heavy atom. The van der Waals surface area contributed by atoms with Crippen molar-refractivity contribution in [1.29, 1.82) is 0 Å². The molecule has 27 heavy (non-hydrogen) atoms. The van der Waals surface area contributed by atoms with E-state index >= 15 is 0 Å². The highest BCUT2D eigenvalue weighted by molar-refractivity contribution is 8.04. The number of hydrogen-bond donors (Lipinski definition) is 1. The predicted octanol–water partition coefficient (Wildman–Crippen LogP) is 4.22. The zero-order valence-corrected chi connectivity index (χ0v) is 16.1. The fraction of sp³-hybridized carbons (Fsp3) is 0.238. The van der Waals surface area contributed by atoms with Crippen molar-refractivity contribution >= 4 is 35.3 Å². The Morgan fingerprint density at radius 1 is 1.22 bits per heavy atom. The summed E-state index contributed by atoms with van der Waals surface area (Å²) in [5.74, 6) is -0.913. The molecule has 140 valence electrons. The molecule has 0 saturated carbocycles. The van der Waals surface area contributed by atoms with Gasteiger partial charge in [-0.1, -0.05) is 49.0 Å². The molecule has 0 spiro atoms. The second-order valence-electron chi connectivity index (χ2n) is 6.37. The zero-order valence-electron chi connectivity index (χ0n) is 15.2. The van der Waals surface area contributed by atoms with Crippen LogP contribution in [0.25, 0.3) is 6.08 Å². The molecular formula is C21H21FN2O2S. The highest BCUT2D eigenvalue weighted by Crippen LogP contribution is 2.42. The maximum absolute atomic E-state index is 14.0. The zero-order chi connectivity index (χ0) is 19.4. The van der Waals surface area contributed by atoms with Crippen LogP contribution in [0.1, 0.15) is 25.8 Å². The number of nitrogens with zero attached hydrogens (tertiary/aromatic N) is 1. The molecule has 2 aromatic carbocycles. The van der Waals surface area contributed by atoms with Crippen LogP contribution in [0.3, 0.4) is 0 Å². The van der Waals surface area contributed by atoms with Crippen molar-refractivity contribution < 1.29 is 14.0 Å². The molecule has 1 heterocycles. The van der Waals surface area contributed by atoms with Crippen molar-refractivity contribution in [2.24, 2.45) is 0 Å². The molecule has 1 aliphatic rings. The molecule has 0 radical (unpaired) electrons. The Hall–Kier alpha value is -2.60. The van der Waals surface area contributed by atoms with Gasteiger partial charge in [0.2, 0.25) is 5.91 Å². The van der Waals surface area contributed by atoms with Gasteiger partial charge in [-0.2, -0.15) is 0 Å². The number of halogens is 1. The molecule has 2 aromatic rings. The Bertz CT molecular complexity index is 897. The molecule has 0 unspecified atom stereocenters. The second kappa shape index (κ2) is 8.39. The Labute approximate surface area is 162 Å². The molecule has 1 N–H and O–H groups in total. The smallest absolute Gasteiger partial charge is 0.265 e. The second-order valence-corrected chi connectivity index (χ2v) is 7.45. The van der Waals surface area contributed by atoms with Crippen LogP contribution >= 0.6 is 11.8 Å². The first-order chi connectivity index (χ1) is 13.0. The van der Waals surface area contributed by atoms with Crippen LogP contribution in [0, 0.1) is 5.82 Å². The van der Waals surface area contributed by atoms with Crippen molar-refractivity contribution in [3.8, 4) is 0 Å². The SMILES string of the molecule is CC[C@@H](C)NC(=O)CN1C(=O)/C(=C/c2ccccc2F)Sc2ccccc21. The highest BCUT2D eigenvalue weighted by atomic mass is 32.2. The fourth-order valence-electron chi connectivity index (χ4n) is 2.72. The van der Waals surface area contributed by atoms with E-state index in [4.69, 9.17) is 0 Å². The van der Waals surface area contributed by atoms with Gasteiger partial charge in [0, 0.05) is 16.5 Å². The molecule has 1 aliphatic heterocycles. The Morgan fingerprint density at radius 2 is 1.93 bits per heavy atom. The van der Waals surface area contributed by atoms with Crippen LogP contribution in [0.15, 0.2) is 58.3 Å². The number of carbonyl (C=O) groups excluding carboxylic acids is 2. The van der Waals surface area contributed by atoms with Gasteiger partial charge in [-0.3, -0.25) is 14.5 Å². The fourth-order valence-corrected chi connectivity index (χ4v) is 3.77. The number of para-hydroxylation sites is 1. The number of carbonyl (C=O) groups is 2. The predicted molar refractivity (Wildman–Crippen MR) is 107 cm³/mol. The van der Waals surface area contributed by atoms with Crippen LogP contribution in [0.2, 0.25) is 0 Å². The summed E-state index contributed by atoms with van der Waals surface area (Å²) in [6.45, 7) is 3.83. The molecule has 2 amide bonds. The average Bonchev–Trinajstić information content (AvgIpc) is 2.66. The third kappa shape index (κ3) is 4.39. The number of rotatable bonds is 5. The summed E-state index contributed by atoms with van der Waals surface area (Å²) in [6.07, 6.45) is 2.35. The van der Waals surface area contributed by atoms with Gasteiger partial charge in [0.05, 0.1) is 10.6 Å². The third-order valence-electron chi connectivity index (χ3n) is 4.35. The summed E-state index contributed by atoms with van der Waals surface area (Å²) in [7, 11) is 0. The standard InChI is InChI=1S/C21H21FN2O2S/c1-3-14(2)23-20(25)13-24-17-10-6-7-11-18(17)27-19(21(24)26)12-15-8-4-5-9-16(15)22/h4-12,14H,3,13H2,1-2H3,(H,23,25)/b19-12-/t14-/m1/s1. The first-order valence-corrected chi connectivity index (χ1v) is 9.65. The lowest BCUT2D eigenvalue weighted by atomic mass is 10.2. The number of fused-ring (bicyclic) bond motifs is 1. The molecule has 0 saturated heterocycles. The molecule has 6 heteroatoms. The van der Waals surface area contributed by atoms with Gasteiger partial charge >= 0.3 is 0 Å². The molecule has 0 fully saturated rings. The van der Waals surface area contributed by atoms with E-state index in [0.717, 1.165) is 11.3 Å². The number of hydrogen-bond acceptors (Lipinski definition) is 3. The van der Waals surface area contributed by atoms with E-state index in [1.807, 2.05) is 38.1 Å². The van der Waals surface area contributed by atoms with Gasteiger partial charge in [-0.05, 0) is 37.6 Å². The van der Waals surface area contributed by atoms with E-state index in [9.17, 15) is 14.0 Å². The van der Waals surface area contributed by atoms with E-state index in [2.05, 4.69) is 5.32 Å². The number of nitrogens with one attached hydrogen (secondary N) is 1. The van der Waals surface area contributed by atoms with E-state index < -0.39 is 5.82 Å². The molecule has 1 atom stereocenters. The van der Waals surface area contributed by atoms with Crippen LogP contribution in [0.4, 0.5) is 10.1 Å². The lowest BCUT2D eigenvalue weighted by Crippen LogP contribution is -2.44. The molecule has 0 bridgehead atoms. The number of anilines is 1. The van der Waals surface area contributed by atoms with Crippen LogP contribution in [-0.4, -0.2) is 24.4 Å². The molecule has 0 aromatic heterocycles. The van der Waals surface area contributed by atoms with Crippen LogP contribution < -0.4 is 10.2 Å². The van der Waals surface area contributed by atoms with Crippen molar-refractivity contribution in [2.45, 2.75) is 31.2 Å². The van der Waals surface area contributed by atoms with Crippen molar-refractivity contribution in [2.75, 3.05) is 11.4 Å². The maximum atomic E-state index is 14.0. The summed E-state index contributed by atoms with van der Waals surface area (Å²) in [4.78, 5) is 28.1. The van der Waals surface area contributed by atoms with Gasteiger partial charge in [-0.25, -0.2) is 4.39 Å². The van der Waals surface area contributed by atoms with Crippen molar-refractivity contribution in [1.82, 2.24) is 5.32 Å². The summed E-state index contributed by atoms with van der Waals surface area (Å²) in [6, 6.07) is 13.8. The summed E-state index contributed by atoms with van der Waals surface area (Å²) >= 11 is 1.29. The minimum absolute atomic E-state index is 0.0374. The summed E-state index contributed by atoms with van der Waals surface area (Å²) < 4.78 is 14.0. The third-order valence-corrected chi connectivity index (χ3v) is 5.42. The number of amides is 2. The Balaban J connectivity index is 1.93. The number of benzene rings is 2. The summed E-state index contributed by atoms with van der Waals surface area (Å²) in [5.41, 5.74) is 1.04. The quantitative estimate of drug-likeness (QED) is 0.786. The van der Waals surface area contributed by atoms with Crippen molar-refractivity contribution in [3.63, 3.8) is 0 Å². The maximum Gasteiger partial charge on any atom is 0.265 e. The largest absolute Gasteiger partial charge is 0.352 e. The lowest BCUT2D eigenvalue weighted by molar-refractivity contribution is -0.122. The van der Waals surface area contributed by atoms with E-state index in [0.29, 0.717) is 16.2 Å². The van der Waals surface area contributed by atoms with Crippen molar-refractivity contribution in [3.05, 3.63) is 64.8 Å². The van der Waals surface area contributed by atoms with Gasteiger partial charge in [0.25, 0.3) is 5.91 Å². The first-order valence-electron chi connectivity index (χ1n) is 8.84. The first kappa shape index (κ1) is 19.2. The van der Waals surface area contributed by atoms with Gasteiger partial charge in [0.15, 0.2) is 0 Å². The van der Waals surface area contributed by atoms with E-state index in [1.54, 1.807) is 18.2 Å². The van der Waals surface area contributed by atoms with E-state index in [-0.39, 0.29) is 24.4 Å². The van der Waals surface area contributed by atoms with Gasteiger partial charge in [-0.15, -0.1) is 0 Å². The van der Waals surface area contributed by atoms with Crippen LogP contribution in [-0.2, 0) is 9.59 Å². The molecule has 0 aliphatic carbocycles. The van der Waals surface area contributed by atoms with Gasteiger partial charge < -0.3 is 5.32 Å². The highest BCUT2D eigenvalue weighted by Gasteiger charge is 2.30. The monoisotopic (exact) mass is 384 g/mol. The Kier molecular flexibility index (Phi) is 5.96. The van der Waals surface area contributed by atoms with E-state index in [1.165, 1.54) is 28.8 Å². The lowest BCUT2D eigenvalue weighted by Gasteiger charge is -2.30. The molecular weight excluding hydrogens is 363 g/mol. The number of thioether (sulfide) groups is 1. The minimum atomic E-state index is -0.390. The van der Waals surface area contributed by atoms with Gasteiger partial charge in [0.1, 0.15) is 12.4 Å². The minimum Gasteiger partial charge on any atom is -0.352 e. The normalized spacial score (nSPS) is 16.2. The topological polar surface area (TPSA) is 49.4 Å². The average molecular weight is 384 g/mol. The summed E-state index contributed by atoms with van der Waals surface area (Å²) in [5, 5.41) is 2.88.